The molecule has 9 heteroatoms. The lowest BCUT2D eigenvalue weighted by Crippen LogP contribution is -2.56. The van der Waals surface area contributed by atoms with E-state index in [1.165, 1.54) is 18.6 Å². The molecule has 1 aliphatic heterocycles. The molecular weight excluding hydrogens is 374 g/mol. The minimum absolute atomic E-state index is 0.0733. The number of hydrogen-bond acceptors (Lipinski definition) is 6. The maximum atomic E-state index is 12.5. The van der Waals surface area contributed by atoms with Crippen LogP contribution in [-0.4, -0.2) is 60.0 Å². The van der Waals surface area contributed by atoms with E-state index >= 15 is 0 Å². The average Bonchev–Trinajstić information content (AvgIpc) is 2.74. The molecule has 1 aliphatic carbocycles. The standard InChI is InChI=1S/C20H29N5O4/c1-15(19(26)22-20(27)21-16-5-3-2-4-6-16)23-11-13-24(14-12-23)17-7-9-18(10-8-17)25(28)29/h7-10,15-16H,2-6,11-14H2,1H3,(H2,21,22,26,27)/t15-/m0/s1. The normalized spacial score (nSPS) is 19.4. The molecule has 1 aromatic carbocycles. The number of nitrogens with one attached hydrogen (secondary N) is 2. The summed E-state index contributed by atoms with van der Waals surface area (Å²) in [5.41, 5.74) is 1.00. The van der Waals surface area contributed by atoms with Crippen molar-refractivity contribution in [2.45, 2.75) is 51.1 Å². The Morgan fingerprint density at radius 1 is 1.07 bits per heavy atom. The molecule has 0 radical (unpaired) electrons. The van der Waals surface area contributed by atoms with Crippen LogP contribution in [0.15, 0.2) is 24.3 Å². The molecule has 1 atom stereocenters. The van der Waals surface area contributed by atoms with E-state index in [0.29, 0.717) is 26.2 Å². The van der Waals surface area contributed by atoms with E-state index in [2.05, 4.69) is 15.5 Å². The molecule has 0 bridgehead atoms. The van der Waals surface area contributed by atoms with Gasteiger partial charge >= 0.3 is 6.03 Å². The zero-order valence-electron chi connectivity index (χ0n) is 16.8. The number of nitro groups is 1. The second-order valence-corrected chi connectivity index (χ2v) is 7.77. The van der Waals surface area contributed by atoms with Gasteiger partial charge in [0.05, 0.1) is 11.0 Å². The molecule has 2 N–H and O–H groups in total. The smallest absolute Gasteiger partial charge is 0.321 e. The molecule has 2 aliphatic rings. The lowest BCUT2D eigenvalue weighted by atomic mass is 9.96. The number of anilines is 1. The van der Waals surface area contributed by atoms with Crippen LogP contribution in [0.1, 0.15) is 39.0 Å². The van der Waals surface area contributed by atoms with Gasteiger partial charge < -0.3 is 10.2 Å². The van der Waals surface area contributed by atoms with Gasteiger partial charge in [0, 0.05) is 50.0 Å². The first-order chi connectivity index (χ1) is 13.9. The van der Waals surface area contributed by atoms with Crippen molar-refractivity contribution in [1.29, 1.82) is 0 Å². The molecular formula is C20H29N5O4. The summed E-state index contributed by atoms with van der Waals surface area (Å²) >= 11 is 0. The highest BCUT2D eigenvalue weighted by Gasteiger charge is 2.27. The van der Waals surface area contributed by atoms with Gasteiger partial charge in [-0.3, -0.25) is 25.1 Å². The van der Waals surface area contributed by atoms with Crippen LogP contribution in [0.5, 0.6) is 0 Å². The number of urea groups is 1. The first-order valence-corrected chi connectivity index (χ1v) is 10.3. The molecule has 2 fully saturated rings. The first kappa shape index (κ1) is 21.0. The lowest BCUT2D eigenvalue weighted by Gasteiger charge is -2.38. The number of carbonyl (C=O) groups excluding carboxylic acids is 2. The van der Waals surface area contributed by atoms with Crippen molar-refractivity contribution in [2.24, 2.45) is 0 Å². The molecule has 29 heavy (non-hydrogen) atoms. The molecule has 1 saturated heterocycles. The summed E-state index contributed by atoms with van der Waals surface area (Å²) in [5.74, 6) is -0.290. The topological polar surface area (TPSA) is 108 Å². The van der Waals surface area contributed by atoms with Crippen LogP contribution in [0, 0.1) is 10.1 Å². The van der Waals surface area contributed by atoms with E-state index in [0.717, 1.165) is 31.4 Å². The molecule has 158 valence electrons. The Kier molecular flexibility index (Phi) is 7.03. The van der Waals surface area contributed by atoms with Crippen LogP contribution in [0.25, 0.3) is 0 Å². The van der Waals surface area contributed by atoms with E-state index in [9.17, 15) is 19.7 Å². The number of amides is 3. The van der Waals surface area contributed by atoms with Crippen molar-refractivity contribution in [2.75, 3.05) is 31.1 Å². The van der Waals surface area contributed by atoms with Gasteiger partial charge in [-0.1, -0.05) is 19.3 Å². The minimum Gasteiger partial charge on any atom is -0.369 e. The maximum absolute atomic E-state index is 12.5. The Bertz CT molecular complexity index is 725. The van der Waals surface area contributed by atoms with Gasteiger partial charge in [0.2, 0.25) is 5.91 Å². The number of carbonyl (C=O) groups is 2. The molecule has 3 rings (SSSR count). The van der Waals surface area contributed by atoms with Crippen molar-refractivity contribution in [3.05, 3.63) is 34.4 Å². The third-order valence-corrected chi connectivity index (χ3v) is 5.84. The first-order valence-electron chi connectivity index (χ1n) is 10.3. The molecule has 1 heterocycles. The number of benzene rings is 1. The zero-order valence-corrected chi connectivity index (χ0v) is 16.8. The number of piperazine rings is 1. The predicted octanol–water partition coefficient (Wildman–Crippen LogP) is 2.26. The number of hydrogen-bond donors (Lipinski definition) is 2. The van der Waals surface area contributed by atoms with E-state index < -0.39 is 17.0 Å². The Morgan fingerprint density at radius 2 is 1.69 bits per heavy atom. The van der Waals surface area contributed by atoms with Crippen LogP contribution in [0.2, 0.25) is 0 Å². The van der Waals surface area contributed by atoms with Crippen molar-refractivity contribution in [3.63, 3.8) is 0 Å². The summed E-state index contributed by atoms with van der Waals surface area (Å²) < 4.78 is 0. The summed E-state index contributed by atoms with van der Waals surface area (Å²) in [6, 6.07) is 5.87. The second-order valence-electron chi connectivity index (χ2n) is 7.77. The van der Waals surface area contributed by atoms with Crippen molar-refractivity contribution < 1.29 is 14.5 Å². The van der Waals surface area contributed by atoms with Crippen molar-refractivity contribution in [3.8, 4) is 0 Å². The molecule has 3 amide bonds. The van der Waals surface area contributed by atoms with E-state index in [-0.39, 0.29) is 17.6 Å². The number of rotatable bonds is 5. The van der Waals surface area contributed by atoms with Crippen LogP contribution < -0.4 is 15.5 Å². The van der Waals surface area contributed by atoms with Crippen LogP contribution >= 0.6 is 0 Å². The van der Waals surface area contributed by atoms with Gasteiger partial charge in [0.15, 0.2) is 0 Å². The fourth-order valence-corrected chi connectivity index (χ4v) is 4.00. The molecule has 0 spiro atoms. The summed E-state index contributed by atoms with van der Waals surface area (Å²) in [5, 5.41) is 16.2. The van der Waals surface area contributed by atoms with Gasteiger partial charge in [-0.2, -0.15) is 0 Å². The van der Waals surface area contributed by atoms with Gasteiger partial charge in [0.25, 0.3) is 5.69 Å². The van der Waals surface area contributed by atoms with Gasteiger partial charge in [-0.15, -0.1) is 0 Å². The molecule has 9 nitrogen and oxygen atoms in total. The number of nitro benzene ring substituents is 1. The van der Waals surface area contributed by atoms with E-state index in [1.54, 1.807) is 12.1 Å². The van der Waals surface area contributed by atoms with E-state index in [1.807, 2.05) is 11.8 Å². The van der Waals surface area contributed by atoms with Crippen LogP contribution in [-0.2, 0) is 4.79 Å². The third kappa shape index (κ3) is 5.66. The highest BCUT2D eigenvalue weighted by atomic mass is 16.6. The Hall–Kier alpha value is -2.68. The van der Waals surface area contributed by atoms with E-state index in [4.69, 9.17) is 0 Å². The molecule has 0 unspecified atom stereocenters. The number of non-ortho nitro benzene ring substituents is 1. The summed E-state index contributed by atoms with van der Waals surface area (Å²) in [4.78, 5) is 39.1. The molecule has 1 aromatic rings. The molecule has 0 aromatic heterocycles. The lowest BCUT2D eigenvalue weighted by molar-refractivity contribution is -0.384. The largest absolute Gasteiger partial charge is 0.369 e. The number of imide groups is 1. The number of nitrogens with zero attached hydrogens (tertiary/aromatic N) is 3. The maximum Gasteiger partial charge on any atom is 0.321 e. The SMILES string of the molecule is C[C@@H](C(=O)NC(=O)NC1CCCCC1)N1CCN(c2ccc([N+](=O)[O-])cc2)CC1. The summed E-state index contributed by atoms with van der Waals surface area (Å²) in [6.07, 6.45) is 5.40. The fourth-order valence-electron chi connectivity index (χ4n) is 4.00. The average molecular weight is 403 g/mol. The Labute approximate surface area is 170 Å². The second kappa shape index (κ2) is 9.69. The van der Waals surface area contributed by atoms with Crippen LogP contribution in [0.3, 0.4) is 0 Å². The predicted molar refractivity (Wildman–Crippen MR) is 110 cm³/mol. The van der Waals surface area contributed by atoms with Crippen LogP contribution in [0.4, 0.5) is 16.2 Å². The van der Waals surface area contributed by atoms with Crippen molar-refractivity contribution >= 4 is 23.3 Å². The molecule has 1 saturated carbocycles. The van der Waals surface area contributed by atoms with Crippen molar-refractivity contribution in [1.82, 2.24) is 15.5 Å². The van der Waals surface area contributed by atoms with Gasteiger partial charge in [-0.25, -0.2) is 4.79 Å². The Morgan fingerprint density at radius 3 is 2.28 bits per heavy atom. The minimum atomic E-state index is -0.410. The van der Waals surface area contributed by atoms with Gasteiger partial charge in [-0.05, 0) is 31.9 Å². The quantitative estimate of drug-likeness (QED) is 0.577. The van der Waals surface area contributed by atoms with Gasteiger partial charge in [0.1, 0.15) is 0 Å². The monoisotopic (exact) mass is 403 g/mol. The Balaban J connectivity index is 1.44. The summed E-state index contributed by atoms with van der Waals surface area (Å²) in [7, 11) is 0. The zero-order chi connectivity index (χ0) is 20.8. The summed E-state index contributed by atoms with van der Waals surface area (Å²) in [6.45, 7) is 4.59. The fraction of sp³-hybridized carbons (Fsp3) is 0.600. The highest BCUT2D eigenvalue weighted by molar-refractivity contribution is 5.96. The third-order valence-electron chi connectivity index (χ3n) is 5.84. The highest BCUT2D eigenvalue weighted by Crippen LogP contribution is 2.21.